The van der Waals surface area contributed by atoms with Gasteiger partial charge in [-0.15, -0.1) is 0 Å². The Labute approximate surface area is 226 Å². The van der Waals surface area contributed by atoms with Crippen molar-refractivity contribution >= 4 is 29.4 Å². The van der Waals surface area contributed by atoms with Crippen LogP contribution in [-0.2, 0) is 16.1 Å². The number of esters is 1. The lowest BCUT2D eigenvalue weighted by atomic mass is 10.1. The monoisotopic (exact) mass is 536 g/mol. The van der Waals surface area contributed by atoms with Crippen LogP contribution in [0.2, 0.25) is 5.02 Å². The molecule has 0 aliphatic carbocycles. The maximum absolute atomic E-state index is 13.6. The molecule has 1 fully saturated rings. The van der Waals surface area contributed by atoms with Crippen LogP contribution in [0, 0.1) is 13.8 Å². The molecule has 2 aromatic carbocycles. The number of nitrogens with zero attached hydrogens (tertiary/aromatic N) is 4. The van der Waals surface area contributed by atoms with Crippen molar-refractivity contribution in [1.29, 1.82) is 0 Å². The van der Waals surface area contributed by atoms with E-state index in [0.29, 0.717) is 28.8 Å². The van der Waals surface area contributed by atoms with Crippen molar-refractivity contribution < 1.29 is 23.9 Å². The SMILES string of the molecule is Cc1nc(C)c(C(=O)OCc2ccccc2)c(C(=O)N2CCN(C(=O)COc3ccc(Cl)cc3)C(C)C2)n1. The van der Waals surface area contributed by atoms with E-state index in [1.165, 1.54) is 0 Å². The molecule has 1 aromatic heterocycles. The molecule has 1 atom stereocenters. The molecule has 4 rings (SSSR count). The van der Waals surface area contributed by atoms with Crippen LogP contribution in [0.5, 0.6) is 5.75 Å². The Balaban J connectivity index is 1.42. The van der Waals surface area contributed by atoms with Gasteiger partial charge in [0.15, 0.2) is 6.61 Å². The van der Waals surface area contributed by atoms with Gasteiger partial charge in [0, 0.05) is 30.7 Å². The summed E-state index contributed by atoms with van der Waals surface area (Å²) in [7, 11) is 0. The van der Waals surface area contributed by atoms with Crippen molar-refractivity contribution in [2.24, 2.45) is 0 Å². The zero-order valence-electron chi connectivity index (χ0n) is 21.5. The number of halogens is 1. The molecule has 1 unspecified atom stereocenters. The summed E-state index contributed by atoms with van der Waals surface area (Å²) >= 11 is 5.89. The second-order valence-electron chi connectivity index (χ2n) is 9.07. The van der Waals surface area contributed by atoms with Crippen LogP contribution in [0.25, 0.3) is 0 Å². The van der Waals surface area contributed by atoms with E-state index >= 15 is 0 Å². The van der Waals surface area contributed by atoms with Gasteiger partial charge >= 0.3 is 5.97 Å². The number of amides is 2. The summed E-state index contributed by atoms with van der Waals surface area (Å²) in [4.78, 5) is 51.3. The summed E-state index contributed by atoms with van der Waals surface area (Å²) < 4.78 is 11.1. The van der Waals surface area contributed by atoms with E-state index in [2.05, 4.69) is 9.97 Å². The number of carbonyl (C=O) groups is 3. The molecule has 0 spiro atoms. The third-order valence-electron chi connectivity index (χ3n) is 6.23. The standard InChI is InChI=1S/C28H29ClN4O5/c1-18-15-32(13-14-33(18)24(34)17-37-23-11-9-22(29)10-12-23)27(35)26-25(19(2)30-20(3)31-26)28(36)38-16-21-7-5-4-6-8-21/h4-12,18H,13-17H2,1-3H3. The molecule has 2 amide bonds. The zero-order chi connectivity index (χ0) is 27.2. The minimum atomic E-state index is -0.657. The van der Waals surface area contributed by atoms with Crippen molar-refractivity contribution in [1.82, 2.24) is 19.8 Å². The molecular weight excluding hydrogens is 508 g/mol. The molecule has 198 valence electrons. The van der Waals surface area contributed by atoms with Crippen LogP contribution < -0.4 is 4.74 Å². The molecule has 1 aliphatic rings. The molecule has 0 bridgehead atoms. The number of benzene rings is 2. The second kappa shape index (κ2) is 12.0. The van der Waals surface area contributed by atoms with Gasteiger partial charge in [-0.1, -0.05) is 41.9 Å². The molecule has 1 saturated heterocycles. The largest absolute Gasteiger partial charge is 0.484 e. The maximum atomic E-state index is 13.6. The Hall–Kier alpha value is -3.98. The predicted octanol–water partition coefficient (Wildman–Crippen LogP) is 3.86. The fraction of sp³-hybridized carbons (Fsp3) is 0.321. The summed E-state index contributed by atoms with van der Waals surface area (Å²) in [5.74, 6) is -0.312. The molecular formula is C28H29ClN4O5. The van der Waals surface area contributed by atoms with Crippen LogP contribution in [0.15, 0.2) is 54.6 Å². The minimum Gasteiger partial charge on any atom is -0.484 e. The van der Waals surface area contributed by atoms with Gasteiger partial charge in [0.1, 0.15) is 29.4 Å². The van der Waals surface area contributed by atoms with Crippen molar-refractivity contribution in [3.63, 3.8) is 0 Å². The van der Waals surface area contributed by atoms with Crippen molar-refractivity contribution in [2.75, 3.05) is 26.2 Å². The van der Waals surface area contributed by atoms with Gasteiger partial charge in [0.2, 0.25) is 0 Å². The number of aryl methyl sites for hydroxylation is 2. The van der Waals surface area contributed by atoms with Crippen LogP contribution in [-0.4, -0.2) is 69.8 Å². The third-order valence-corrected chi connectivity index (χ3v) is 6.48. The first-order valence-electron chi connectivity index (χ1n) is 12.3. The predicted molar refractivity (Wildman–Crippen MR) is 141 cm³/mol. The molecule has 3 aromatic rings. The first-order valence-corrected chi connectivity index (χ1v) is 12.6. The van der Waals surface area contributed by atoms with Crippen LogP contribution in [0.3, 0.4) is 0 Å². The van der Waals surface area contributed by atoms with Crippen LogP contribution in [0.4, 0.5) is 0 Å². The summed E-state index contributed by atoms with van der Waals surface area (Å²) in [6, 6.07) is 15.8. The number of hydrogen-bond acceptors (Lipinski definition) is 7. The van der Waals surface area contributed by atoms with E-state index in [0.717, 1.165) is 5.56 Å². The topological polar surface area (TPSA) is 102 Å². The number of hydrogen-bond donors (Lipinski definition) is 0. The van der Waals surface area contributed by atoms with Crippen LogP contribution in [0.1, 0.15) is 44.9 Å². The Morgan fingerprint density at radius 1 is 1.00 bits per heavy atom. The minimum absolute atomic E-state index is 0.00566. The van der Waals surface area contributed by atoms with Gasteiger partial charge in [0.25, 0.3) is 11.8 Å². The van der Waals surface area contributed by atoms with E-state index < -0.39 is 11.9 Å². The fourth-order valence-electron chi connectivity index (χ4n) is 4.33. The highest BCUT2D eigenvalue weighted by atomic mass is 35.5. The van der Waals surface area contributed by atoms with E-state index in [1.54, 1.807) is 47.9 Å². The first kappa shape index (κ1) is 27.1. The molecule has 10 heteroatoms. The average molecular weight is 537 g/mol. The number of carbonyl (C=O) groups excluding carboxylic acids is 3. The third kappa shape index (κ3) is 6.47. The number of aromatic nitrogens is 2. The van der Waals surface area contributed by atoms with Gasteiger partial charge in [-0.2, -0.15) is 0 Å². The summed E-state index contributed by atoms with van der Waals surface area (Å²) in [6.07, 6.45) is 0. The number of rotatable bonds is 7. The maximum Gasteiger partial charge on any atom is 0.342 e. The van der Waals surface area contributed by atoms with Gasteiger partial charge in [0.05, 0.1) is 5.69 Å². The molecule has 1 aliphatic heterocycles. The summed E-state index contributed by atoms with van der Waals surface area (Å²) in [5, 5.41) is 0.583. The van der Waals surface area contributed by atoms with Crippen molar-refractivity contribution in [2.45, 2.75) is 33.4 Å². The lowest BCUT2D eigenvalue weighted by Gasteiger charge is -2.39. The van der Waals surface area contributed by atoms with Crippen molar-refractivity contribution in [3.05, 3.63) is 88.0 Å². The molecule has 9 nitrogen and oxygen atoms in total. The number of ether oxygens (including phenoxy) is 2. The van der Waals surface area contributed by atoms with Crippen LogP contribution >= 0.6 is 11.6 Å². The quantitative estimate of drug-likeness (QED) is 0.422. The lowest BCUT2D eigenvalue weighted by molar-refractivity contribution is -0.137. The Bertz CT molecular complexity index is 1320. The highest BCUT2D eigenvalue weighted by Crippen LogP contribution is 2.20. The average Bonchev–Trinajstić information content (AvgIpc) is 2.91. The Morgan fingerprint density at radius 3 is 2.39 bits per heavy atom. The molecule has 0 radical (unpaired) electrons. The van der Waals surface area contributed by atoms with E-state index in [4.69, 9.17) is 21.1 Å². The Kier molecular flexibility index (Phi) is 8.58. The van der Waals surface area contributed by atoms with E-state index in [9.17, 15) is 14.4 Å². The molecule has 0 saturated carbocycles. The highest BCUT2D eigenvalue weighted by molar-refractivity contribution is 6.30. The fourth-order valence-corrected chi connectivity index (χ4v) is 4.45. The second-order valence-corrected chi connectivity index (χ2v) is 9.51. The summed E-state index contributed by atoms with van der Waals surface area (Å²) in [5.41, 5.74) is 1.26. The molecule has 38 heavy (non-hydrogen) atoms. The van der Waals surface area contributed by atoms with E-state index in [1.807, 2.05) is 37.3 Å². The first-order chi connectivity index (χ1) is 18.2. The van der Waals surface area contributed by atoms with Gasteiger partial charge < -0.3 is 19.3 Å². The van der Waals surface area contributed by atoms with Gasteiger partial charge in [-0.05, 0) is 50.6 Å². The van der Waals surface area contributed by atoms with Gasteiger partial charge in [-0.25, -0.2) is 14.8 Å². The number of piperazine rings is 1. The van der Waals surface area contributed by atoms with E-state index in [-0.39, 0.29) is 49.5 Å². The Morgan fingerprint density at radius 2 is 1.71 bits per heavy atom. The normalized spacial score (nSPS) is 15.2. The smallest absolute Gasteiger partial charge is 0.342 e. The molecule has 0 N–H and O–H groups in total. The lowest BCUT2D eigenvalue weighted by Crippen LogP contribution is -2.56. The highest BCUT2D eigenvalue weighted by Gasteiger charge is 2.33. The zero-order valence-corrected chi connectivity index (χ0v) is 22.3. The van der Waals surface area contributed by atoms with Gasteiger partial charge in [-0.3, -0.25) is 9.59 Å². The molecule has 2 heterocycles. The van der Waals surface area contributed by atoms with Crippen molar-refractivity contribution in [3.8, 4) is 5.75 Å². The summed E-state index contributed by atoms with van der Waals surface area (Å²) in [6.45, 7) is 6.03.